The SMILES string of the molecule is Cc1cccc(CN(C)c2ccc(C(N)=S)cc2Cl)n1. The molecule has 0 spiro atoms. The molecule has 3 nitrogen and oxygen atoms in total. The standard InChI is InChI=1S/C15H16ClN3S/c1-10-4-3-5-12(18-10)9-19(2)14-7-6-11(15(17)20)8-13(14)16/h3-8H,9H2,1-2H3,(H2,17,20). The second-order valence-corrected chi connectivity index (χ2v) is 5.50. The Morgan fingerprint density at radius 1 is 1.35 bits per heavy atom. The van der Waals surface area contributed by atoms with Crippen LogP contribution in [0.15, 0.2) is 36.4 Å². The number of hydrogen-bond donors (Lipinski definition) is 1. The Morgan fingerprint density at radius 2 is 2.10 bits per heavy atom. The van der Waals surface area contributed by atoms with E-state index in [1.165, 1.54) is 0 Å². The van der Waals surface area contributed by atoms with Gasteiger partial charge in [-0.1, -0.05) is 29.9 Å². The molecule has 2 aromatic rings. The Bertz CT molecular complexity index is 643. The van der Waals surface area contributed by atoms with Gasteiger partial charge < -0.3 is 10.6 Å². The monoisotopic (exact) mass is 305 g/mol. The fraction of sp³-hybridized carbons (Fsp3) is 0.200. The van der Waals surface area contributed by atoms with E-state index < -0.39 is 0 Å². The molecule has 5 heteroatoms. The van der Waals surface area contributed by atoms with Crippen molar-refractivity contribution in [2.75, 3.05) is 11.9 Å². The molecule has 2 rings (SSSR count). The van der Waals surface area contributed by atoms with Crippen LogP contribution in [0.25, 0.3) is 0 Å². The topological polar surface area (TPSA) is 42.1 Å². The lowest BCUT2D eigenvalue weighted by molar-refractivity contribution is 0.877. The summed E-state index contributed by atoms with van der Waals surface area (Å²) in [4.78, 5) is 6.89. The summed E-state index contributed by atoms with van der Waals surface area (Å²) in [5.74, 6) is 0. The summed E-state index contributed by atoms with van der Waals surface area (Å²) in [5, 5.41) is 0.630. The van der Waals surface area contributed by atoms with Crippen molar-refractivity contribution in [3.8, 4) is 0 Å². The summed E-state index contributed by atoms with van der Waals surface area (Å²) in [6.07, 6.45) is 0. The van der Waals surface area contributed by atoms with E-state index in [4.69, 9.17) is 29.6 Å². The first-order valence-corrected chi connectivity index (χ1v) is 6.99. The highest BCUT2D eigenvalue weighted by Crippen LogP contribution is 2.27. The van der Waals surface area contributed by atoms with Crippen LogP contribution in [0.1, 0.15) is 17.0 Å². The summed E-state index contributed by atoms with van der Waals surface area (Å²) < 4.78 is 0. The second kappa shape index (κ2) is 6.20. The zero-order valence-corrected chi connectivity index (χ0v) is 13.0. The second-order valence-electron chi connectivity index (χ2n) is 4.66. The number of pyridine rings is 1. The van der Waals surface area contributed by atoms with Crippen LogP contribution in [-0.4, -0.2) is 17.0 Å². The number of nitrogens with zero attached hydrogens (tertiary/aromatic N) is 2. The zero-order chi connectivity index (χ0) is 14.7. The average molecular weight is 306 g/mol. The lowest BCUT2D eigenvalue weighted by Gasteiger charge is -2.20. The van der Waals surface area contributed by atoms with Crippen molar-refractivity contribution < 1.29 is 0 Å². The summed E-state index contributed by atoms with van der Waals surface area (Å²) in [6.45, 7) is 2.67. The maximum Gasteiger partial charge on any atom is 0.104 e. The van der Waals surface area contributed by atoms with E-state index in [-0.39, 0.29) is 0 Å². The third-order valence-corrected chi connectivity index (χ3v) is 3.53. The minimum atomic E-state index is 0.349. The maximum atomic E-state index is 6.29. The van der Waals surface area contributed by atoms with Crippen molar-refractivity contribution in [1.82, 2.24) is 4.98 Å². The molecule has 0 radical (unpaired) electrons. The molecule has 104 valence electrons. The molecule has 0 fully saturated rings. The quantitative estimate of drug-likeness (QED) is 0.880. The summed E-state index contributed by atoms with van der Waals surface area (Å²) >= 11 is 11.2. The molecule has 0 aliphatic rings. The number of rotatable bonds is 4. The highest BCUT2D eigenvalue weighted by atomic mass is 35.5. The van der Waals surface area contributed by atoms with E-state index in [2.05, 4.69) is 4.98 Å². The van der Waals surface area contributed by atoms with Gasteiger partial charge in [0.05, 0.1) is 22.9 Å². The van der Waals surface area contributed by atoms with E-state index in [9.17, 15) is 0 Å². The normalized spacial score (nSPS) is 10.3. The molecule has 20 heavy (non-hydrogen) atoms. The van der Waals surface area contributed by atoms with Crippen molar-refractivity contribution in [3.05, 3.63) is 58.4 Å². The smallest absolute Gasteiger partial charge is 0.104 e. The predicted octanol–water partition coefficient (Wildman–Crippen LogP) is 3.31. The summed E-state index contributed by atoms with van der Waals surface area (Å²) in [6, 6.07) is 11.6. The van der Waals surface area contributed by atoms with Crippen molar-refractivity contribution in [2.24, 2.45) is 5.73 Å². The number of hydrogen-bond acceptors (Lipinski definition) is 3. The van der Waals surface area contributed by atoms with Crippen LogP contribution in [0, 0.1) is 6.92 Å². The lowest BCUT2D eigenvalue weighted by atomic mass is 10.2. The summed E-state index contributed by atoms with van der Waals surface area (Å²) in [5.41, 5.74) is 9.31. The number of halogens is 1. The van der Waals surface area contributed by atoms with Gasteiger partial charge in [-0.15, -0.1) is 0 Å². The lowest BCUT2D eigenvalue weighted by Crippen LogP contribution is -2.18. The Balaban J connectivity index is 2.21. The molecule has 1 aromatic carbocycles. The van der Waals surface area contributed by atoms with Gasteiger partial charge in [-0.2, -0.15) is 0 Å². The molecule has 0 saturated carbocycles. The van der Waals surface area contributed by atoms with E-state index in [1.807, 2.05) is 49.2 Å². The first-order chi connectivity index (χ1) is 9.47. The van der Waals surface area contributed by atoms with Crippen LogP contribution in [0.5, 0.6) is 0 Å². The third-order valence-electron chi connectivity index (χ3n) is 2.99. The van der Waals surface area contributed by atoms with Gasteiger partial charge in [0, 0.05) is 18.3 Å². The molecular weight excluding hydrogens is 290 g/mol. The largest absolute Gasteiger partial charge is 0.389 e. The highest BCUT2D eigenvalue weighted by Gasteiger charge is 2.09. The van der Waals surface area contributed by atoms with Crippen LogP contribution >= 0.6 is 23.8 Å². The first-order valence-electron chi connectivity index (χ1n) is 6.20. The number of benzene rings is 1. The van der Waals surface area contributed by atoms with Gasteiger partial charge in [0.25, 0.3) is 0 Å². The molecule has 0 aliphatic heterocycles. The van der Waals surface area contributed by atoms with Gasteiger partial charge >= 0.3 is 0 Å². The third kappa shape index (κ3) is 3.46. The van der Waals surface area contributed by atoms with Crippen molar-refractivity contribution in [2.45, 2.75) is 13.5 Å². The zero-order valence-electron chi connectivity index (χ0n) is 11.4. The fourth-order valence-electron chi connectivity index (χ4n) is 1.99. The van der Waals surface area contributed by atoms with E-state index in [0.29, 0.717) is 16.6 Å². The van der Waals surface area contributed by atoms with Gasteiger partial charge in [0.1, 0.15) is 4.99 Å². The average Bonchev–Trinajstić information content (AvgIpc) is 2.38. The minimum absolute atomic E-state index is 0.349. The van der Waals surface area contributed by atoms with Gasteiger partial charge in [0.2, 0.25) is 0 Å². The van der Waals surface area contributed by atoms with E-state index in [1.54, 1.807) is 6.07 Å². The Morgan fingerprint density at radius 3 is 2.70 bits per heavy atom. The molecule has 1 heterocycles. The van der Waals surface area contributed by atoms with Gasteiger partial charge in [-0.05, 0) is 37.3 Å². The minimum Gasteiger partial charge on any atom is -0.389 e. The molecule has 0 amide bonds. The Hall–Kier alpha value is -1.65. The van der Waals surface area contributed by atoms with Gasteiger partial charge in [-0.25, -0.2) is 0 Å². The van der Waals surface area contributed by atoms with E-state index >= 15 is 0 Å². The molecular formula is C15H16ClN3S. The molecule has 0 bridgehead atoms. The van der Waals surface area contributed by atoms with Crippen LogP contribution < -0.4 is 10.6 Å². The molecule has 0 atom stereocenters. The van der Waals surface area contributed by atoms with Crippen molar-refractivity contribution in [3.63, 3.8) is 0 Å². The molecule has 0 aliphatic carbocycles. The number of nitrogens with two attached hydrogens (primary N) is 1. The van der Waals surface area contributed by atoms with Crippen LogP contribution in [0.2, 0.25) is 5.02 Å². The predicted molar refractivity (Wildman–Crippen MR) is 88.4 cm³/mol. The van der Waals surface area contributed by atoms with Crippen LogP contribution in [-0.2, 0) is 6.54 Å². The highest BCUT2D eigenvalue weighted by molar-refractivity contribution is 7.80. The van der Waals surface area contributed by atoms with Crippen molar-refractivity contribution in [1.29, 1.82) is 0 Å². The summed E-state index contributed by atoms with van der Waals surface area (Å²) in [7, 11) is 1.98. The van der Waals surface area contributed by atoms with Crippen LogP contribution in [0.4, 0.5) is 5.69 Å². The van der Waals surface area contributed by atoms with Gasteiger partial charge in [0.15, 0.2) is 0 Å². The molecule has 0 saturated heterocycles. The molecule has 2 N–H and O–H groups in total. The fourth-order valence-corrected chi connectivity index (χ4v) is 2.44. The van der Waals surface area contributed by atoms with Crippen LogP contribution in [0.3, 0.4) is 0 Å². The van der Waals surface area contributed by atoms with Crippen molar-refractivity contribution >= 4 is 34.5 Å². The van der Waals surface area contributed by atoms with E-state index in [0.717, 1.165) is 22.6 Å². The Labute approximate surface area is 129 Å². The molecule has 1 aromatic heterocycles. The molecule has 0 unspecified atom stereocenters. The number of aryl methyl sites for hydroxylation is 1. The number of thiocarbonyl (C=S) groups is 1. The van der Waals surface area contributed by atoms with Gasteiger partial charge in [-0.3, -0.25) is 4.98 Å². The maximum absolute atomic E-state index is 6.29. The number of anilines is 1. The number of aromatic nitrogens is 1. The Kier molecular flexibility index (Phi) is 4.57. The first kappa shape index (κ1) is 14.8.